The van der Waals surface area contributed by atoms with Crippen LogP contribution >= 0.6 is 0 Å². The first-order chi connectivity index (χ1) is 5.38. The van der Waals surface area contributed by atoms with Crippen molar-refractivity contribution in [3.63, 3.8) is 0 Å². The summed E-state index contributed by atoms with van der Waals surface area (Å²) in [6, 6.07) is 0.757. The van der Waals surface area contributed by atoms with Crippen LogP contribution < -0.4 is 5.32 Å². The molecule has 0 aromatic rings. The highest BCUT2D eigenvalue weighted by Gasteiger charge is 2.13. The summed E-state index contributed by atoms with van der Waals surface area (Å²) in [4.78, 5) is 2.47. The molecule has 64 valence electrons. The lowest BCUT2D eigenvalue weighted by molar-refractivity contribution is 0.191. The molecule has 0 aromatic heterocycles. The second-order valence-electron chi connectivity index (χ2n) is 3.01. The zero-order valence-corrected chi connectivity index (χ0v) is 7.51. The number of rotatable bonds is 3. The number of hydrogen-bond acceptors (Lipinski definition) is 2. The molecule has 0 unspecified atom stereocenters. The van der Waals surface area contributed by atoms with Crippen LogP contribution in [0.2, 0.25) is 0 Å². The molecule has 1 aliphatic heterocycles. The van der Waals surface area contributed by atoms with Gasteiger partial charge in [0, 0.05) is 12.6 Å². The number of nitrogens with one attached hydrogen (secondary N) is 1. The van der Waals surface area contributed by atoms with E-state index in [1.165, 1.54) is 12.8 Å². The summed E-state index contributed by atoms with van der Waals surface area (Å²) in [7, 11) is 0. The highest BCUT2D eigenvalue weighted by Crippen LogP contribution is 2.08. The van der Waals surface area contributed by atoms with Crippen molar-refractivity contribution in [2.24, 2.45) is 0 Å². The molecule has 0 fully saturated rings. The van der Waals surface area contributed by atoms with Gasteiger partial charge in [0.2, 0.25) is 0 Å². The van der Waals surface area contributed by atoms with Gasteiger partial charge >= 0.3 is 0 Å². The molecule has 0 bridgehead atoms. The molecule has 0 radical (unpaired) electrons. The second-order valence-corrected chi connectivity index (χ2v) is 3.01. The maximum atomic E-state index is 3.23. The van der Waals surface area contributed by atoms with Gasteiger partial charge in [-0.3, -0.25) is 4.90 Å². The summed E-state index contributed by atoms with van der Waals surface area (Å²) >= 11 is 0. The van der Waals surface area contributed by atoms with Gasteiger partial charge in [-0.05, 0) is 19.0 Å². The molecule has 0 amide bonds. The van der Waals surface area contributed by atoms with Crippen molar-refractivity contribution in [3.05, 3.63) is 12.3 Å². The Labute approximate surface area is 69.3 Å². The van der Waals surface area contributed by atoms with E-state index in [4.69, 9.17) is 0 Å². The standard InChI is InChI=1S/C9H18N2/c1-3-9(4-2)11-7-5-6-10-8-11/h5-6,9-10H,3-4,7-8H2,1-2H3. The van der Waals surface area contributed by atoms with Crippen molar-refractivity contribution in [3.8, 4) is 0 Å². The van der Waals surface area contributed by atoms with E-state index in [-0.39, 0.29) is 0 Å². The molecule has 2 nitrogen and oxygen atoms in total. The maximum absolute atomic E-state index is 3.23. The molecule has 1 heterocycles. The normalized spacial score (nSPS) is 18.8. The predicted octanol–water partition coefficient (Wildman–Crippen LogP) is 1.55. The Bertz CT molecular complexity index is 128. The Hall–Kier alpha value is -0.500. The van der Waals surface area contributed by atoms with Gasteiger partial charge in [0.15, 0.2) is 0 Å². The monoisotopic (exact) mass is 154 g/mol. The summed E-state index contributed by atoms with van der Waals surface area (Å²) in [5.41, 5.74) is 0. The fourth-order valence-corrected chi connectivity index (χ4v) is 1.59. The van der Waals surface area contributed by atoms with Crippen LogP contribution in [0.4, 0.5) is 0 Å². The summed E-state index contributed by atoms with van der Waals surface area (Å²) in [6.45, 7) is 6.64. The van der Waals surface area contributed by atoms with Crippen LogP contribution in [0.25, 0.3) is 0 Å². The van der Waals surface area contributed by atoms with E-state index in [2.05, 4.69) is 30.1 Å². The molecule has 0 aliphatic carbocycles. The van der Waals surface area contributed by atoms with Gasteiger partial charge < -0.3 is 5.32 Å². The van der Waals surface area contributed by atoms with Crippen molar-refractivity contribution in [1.29, 1.82) is 0 Å². The lowest BCUT2D eigenvalue weighted by Gasteiger charge is -2.31. The van der Waals surface area contributed by atoms with Crippen LogP contribution in [0.15, 0.2) is 12.3 Å². The molecule has 1 N–H and O–H groups in total. The molecule has 0 spiro atoms. The lowest BCUT2D eigenvalue weighted by atomic mass is 10.1. The molecule has 0 saturated heterocycles. The topological polar surface area (TPSA) is 15.3 Å². The quantitative estimate of drug-likeness (QED) is 0.663. The Morgan fingerprint density at radius 1 is 1.45 bits per heavy atom. The van der Waals surface area contributed by atoms with Gasteiger partial charge in [0.1, 0.15) is 0 Å². The molecule has 11 heavy (non-hydrogen) atoms. The van der Waals surface area contributed by atoms with E-state index in [9.17, 15) is 0 Å². The fourth-order valence-electron chi connectivity index (χ4n) is 1.59. The minimum atomic E-state index is 0.757. The van der Waals surface area contributed by atoms with E-state index in [0.717, 1.165) is 19.3 Å². The van der Waals surface area contributed by atoms with E-state index in [1.807, 2.05) is 6.20 Å². The third kappa shape index (κ3) is 2.22. The van der Waals surface area contributed by atoms with Crippen LogP contribution in [0.3, 0.4) is 0 Å². The van der Waals surface area contributed by atoms with Crippen molar-refractivity contribution < 1.29 is 0 Å². The van der Waals surface area contributed by atoms with Gasteiger partial charge in [-0.15, -0.1) is 0 Å². The fraction of sp³-hybridized carbons (Fsp3) is 0.778. The van der Waals surface area contributed by atoms with E-state index < -0.39 is 0 Å². The number of hydrogen-bond donors (Lipinski definition) is 1. The molecule has 1 rings (SSSR count). The summed E-state index contributed by atoms with van der Waals surface area (Å²) in [5.74, 6) is 0. The Balaban J connectivity index is 2.38. The van der Waals surface area contributed by atoms with Crippen LogP contribution in [-0.4, -0.2) is 24.2 Å². The van der Waals surface area contributed by atoms with Crippen molar-refractivity contribution in [1.82, 2.24) is 10.2 Å². The zero-order valence-electron chi connectivity index (χ0n) is 7.51. The first-order valence-electron chi connectivity index (χ1n) is 4.51. The van der Waals surface area contributed by atoms with Gasteiger partial charge in [-0.25, -0.2) is 0 Å². The van der Waals surface area contributed by atoms with E-state index in [1.54, 1.807) is 0 Å². The molecule has 0 saturated carbocycles. The van der Waals surface area contributed by atoms with Crippen LogP contribution in [-0.2, 0) is 0 Å². The molecule has 0 aromatic carbocycles. The largest absolute Gasteiger partial charge is 0.378 e. The predicted molar refractivity (Wildman–Crippen MR) is 48.2 cm³/mol. The van der Waals surface area contributed by atoms with Crippen molar-refractivity contribution in [2.45, 2.75) is 32.7 Å². The Kier molecular flexibility index (Phi) is 3.43. The van der Waals surface area contributed by atoms with Crippen LogP contribution in [0.5, 0.6) is 0 Å². The summed E-state index contributed by atoms with van der Waals surface area (Å²) < 4.78 is 0. The average Bonchev–Trinajstić information content (AvgIpc) is 2.09. The molecule has 0 atom stereocenters. The maximum Gasteiger partial charge on any atom is 0.0678 e. The zero-order chi connectivity index (χ0) is 8.10. The van der Waals surface area contributed by atoms with Gasteiger partial charge in [0.05, 0.1) is 6.67 Å². The van der Waals surface area contributed by atoms with Gasteiger partial charge in [0.25, 0.3) is 0 Å². The number of nitrogens with zero attached hydrogens (tertiary/aromatic N) is 1. The Morgan fingerprint density at radius 2 is 2.18 bits per heavy atom. The van der Waals surface area contributed by atoms with Gasteiger partial charge in [-0.1, -0.05) is 19.9 Å². The van der Waals surface area contributed by atoms with Gasteiger partial charge in [-0.2, -0.15) is 0 Å². The van der Waals surface area contributed by atoms with Crippen molar-refractivity contribution >= 4 is 0 Å². The molecule has 2 heteroatoms. The van der Waals surface area contributed by atoms with E-state index >= 15 is 0 Å². The third-order valence-electron chi connectivity index (χ3n) is 2.33. The smallest absolute Gasteiger partial charge is 0.0678 e. The first-order valence-corrected chi connectivity index (χ1v) is 4.51. The minimum absolute atomic E-state index is 0.757. The summed E-state index contributed by atoms with van der Waals surface area (Å²) in [6.07, 6.45) is 6.73. The van der Waals surface area contributed by atoms with E-state index in [0.29, 0.717) is 0 Å². The highest BCUT2D eigenvalue weighted by molar-refractivity contribution is 4.89. The first kappa shape index (κ1) is 8.60. The van der Waals surface area contributed by atoms with Crippen LogP contribution in [0.1, 0.15) is 26.7 Å². The minimum Gasteiger partial charge on any atom is -0.378 e. The lowest BCUT2D eigenvalue weighted by Crippen LogP contribution is -2.42. The third-order valence-corrected chi connectivity index (χ3v) is 2.33. The average molecular weight is 154 g/mol. The van der Waals surface area contributed by atoms with Crippen molar-refractivity contribution in [2.75, 3.05) is 13.2 Å². The molecular weight excluding hydrogens is 136 g/mol. The SMILES string of the molecule is CCC(CC)N1CC=CNC1. The molecule has 1 aliphatic rings. The molecular formula is C9H18N2. The Morgan fingerprint density at radius 3 is 2.64 bits per heavy atom. The van der Waals surface area contributed by atoms with Crippen LogP contribution in [0, 0.1) is 0 Å². The highest BCUT2D eigenvalue weighted by atomic mass is 15.2. The summed E-state index contributed by atoms with van der Waals surface area (Å²) in [5, 5.41) is 3.23. The second kappa shape index (κ2) is 4.39.